The van der Waals surface area contributed by atoms with Crippen LogP contribution in [0.3, 0.4) is 0 Å². The molecule has 0 saturated carbocycles. The summed E-state index contributed by atoms with van der Waals surface area (Å²) >= 11 is 0. The molecular formula is C17H16O6. The molecule has 2 rings (SSSR count). The smallest absolute Gasteiger partial charge is 0.327 e. The summed E-state index contributed by atoms with van der Waals surface area (Å²) in [6, 6.07) is 15.1. The van der Waals surface area contributed by atoms with Gasteiger partial charge in [0.2, 0.25) is 5.41 Å². The average Bonchev–Trinajstić information content (AvgIpc) is 2.56. The number of aliphatic hydroxyl groups excluding tert-OH is 2. The molecule has 0 amide bonds. The Kier molecular flexibility index (Phi) is 4.78. The Labute approximate surface area is 132 Å². The van der Waals surface area contributed by atoms with Crippen LogP contribution in [-0.4, -0.2) is 32.4 Å². The summed E-state index contributed by atoms with van der Waals surface area (Å²) in [4.78, 5) is 23.6. The first-order valence-electron chi connectivity index (χ1n) is 6.85. The summed E-state index contributed by atoms with van der Waals surface area (Å²) in [6.07, 6.45) is -3.87. The number of aliphatic hydroxyl groups is 2. The monoisotopic (exact) mass is 316 g/mol. The van der Waals surface area contributed by atoms with Gasteiger partial charge >= 0.3 is 11.9 Å². The van der Waals surface area contributed by atoms with E-state index in [-0.39, 0.29) is 11.1 Å². The van der Waals surface area contributed by atoms with Gasteiger partial charge in [-0.2, -0.15) is 0 Å². The molecule has 2 unspecified atom stereocenters. The van der Waals surface area contributed by atoms with Gasteiger partial charge in [0.15, 0.2) is 0 Å². The lowest BCUT2D eigenvalue weighted by Crippen LogP contribution is -2.49. The van der Waals surface area contributed by atoms with E-state index in [0.29, 0.717) is 0 Å². The first-order chi connectivity index (χ1) is 10.9. The van der Waals surface area contributed by atoms with E-state index >= 15 is 0 Å². The number of rotatable bonds is 6. The molecule has 0 aliphatic carbocycles. The summed E-state index contributed by atoms with van der Waals surface area (Å²) in [6.45, 7) is 0. The highest BCUT2D eigenvalue weighted by molar-refractivity contribution is 6.00. The van der Waals surface area contributed by atoms with Gasteiger partial charge in [0.25, 0.3) is 0 Å². The average molecular weight is 316 g/mol. The van der Waals surface area contributed by atoms with Crippen molar-refractivity contribution in [1.82, 2.24) is 0 Å². The maximum absolute atomic E-state index is 11.8. The number of carboxylic acid groups (broad SMARTS) is 2. The van der Waals surface area contributed by atoms with Crippen LogP contribution in [0.15, 0.2) is 60.7 Å². The Balaban J connectivity index is 2.61. The van der Waals surface area contributed by atoms with Crippen molar-refractivity contribution in [3.8, 4) is 0 Å². The SMILES string of the molecule is O=C(O)C(C(=O)O)(C(O)c1ccccc1)C(O)c1ccccc1. The highest BCUT2D eigenvalue weighted by Gasteiger charge is 2.59. The van der Waals surface area contributed by atoms with E-state index < -0.39 is 29.6 Å². The molecule has 6 heteroatoms. The van der Waals surface area contributed by atoms with Crippen LogP contribution in [-0.2, 0) is 9.59 Å². The summed E-state index contributed by atoms with van der Waals surface area (Å²) in [5.74, 6) is -3.64. The number of hydrogen-bond acceptors (Lipinski definition) is 4. The third-order valence-electron chi connectivity index (χ3n) is 3.80. The quantitative estimate of drug-likeness (QED) is 0.602. The van der Waals surface area contributed by atoms with Crippen LogP contribution in [0.1, 0.15) is 23.3 Å². The van der Waals surface area contributed by atoms with Gasteiger partial charge in [-0.05, 0) is 11.1 Å². The molecular weight excluding hydrogens is 300 g/mol. The van der Waals surface area contributed by atoms with Gasteiger partial charge in [-0.1, -0.05) is 60.7 Å². The van der Waals surface area contributed by atoms with Crippen molar-refractivity contribution < 1.29 is 30.0 Å². The van der Waals surface area contributed by atoms with Crippen LogP contribution in [0.25, 0.3) is 0 Å². The molecule has 0 heterocycles. The van der Waals surface area contributed by atoms with Gasteiger partial charge in [-0.3, -0.25) is 9.59 Å². The van der Waals surface area contributed by atoms with E-state index in [2.05, 4.69) is 0 Å². The zero-order valence-corrected chi connectivity index (χ0v) is 12.0. The predicted molar refractivity (Wildman–Crippen MR) is 80.5 cm³/mol. The molecule has 120 valence electrons. The second kappa shape index (κ2) is 6.60. The third kappa shape index (κ3) is 2.81. The standard InChI is InChI=1S/C17H16O6/c18-13(11-7-3-1-4-8-11)17(15(20)21,16(22)23)14(19)12-9-5-2-6-10-12/h1-10,13-14,18-19H,(H,20,21)(H,22,23). The number of aliphatic carboxylic acids is 2. The summed E-state index contributed by atoms with van der Waals surface area (Å²) in [7, 11) is 0. The molecule has 4 N–H and O–H groups in total. The molecule has 23 heavy (non-hydrogen) atoms. The van der Waals surface area contributed by atoms with Gasteiger partial charge in [-0.25, -0.2) is 0 Å². The molecule has 0 bridgehead atoms. The fourth-order valence-corrected chi connectivity index (χ4v) is 2.51. The number of carbonyl (C=O) groups is 2. The molecule has 2 aromatic rings. The van der Waals surface area contributed by atoms with Gasteiger partial charge in [0.1, 0.15) is 12.2 Å². The number of hydrogen-bond donors (Lipinski definition) is 4. The Morgan fingerprint density at radius 2 is 1.00 bits per heavy atom. The third-order valence-corrected chi connectivity index (χ3v) is 3.80. The Bertz CT molecular complexity index is 621. The lowest BCUT2D eigenvalue weighted by molar-refractivity contribution is -0.187. The molecule has 0 aliphatic rings. The van der Waals surface area contributed by atoms with Crippen molar-refractivity contribution in [2.45, 2.75) is 12.2 Å². The van der Waals surface area contributed by atoms with Crippen molar-refractivity contribution in [3.05, 3.63) is 71.8 Å². The highest BCUT2D eigenvalue weighted by atomic mass is 16.4. The van der Waals surface area contributed by atoms with Crippen LogP contribution in [0.4, 0.5) is 0 Å². The van der Waals surface area contributed by atoms with E-state index in [9.17, 15) is 30.0 Å². The Morgan fingerprint density at radius 3 is 1.26 bits per heavy atom. The fourth-order valence-electron chi connectivity index (χ4n) is 2.51. The summed E-state index contributed by atoms with van der Waals surface area (Å²) < 4.78 is 0. The topological polar surface area (TPSA) is 115 Å². The zero-order chi connectivity index (χ0) is 17.0. The van der Waals surface area contributed by atoms with Gasteiger partial charge in [0, 0.05) is 0 Å². The van der Waals surface area contributed by atoms with E-state index in [1.165, 1.54) is 24.3 Å². The Hall–Kier alpha value is -2.70. The van der Waals surface area contributed by atoms with Crippen LogP contribution in [0.2, 0.25) is 0 Å². The van der Waals surface area contributed by atoms with Gasteiger partial charge < -0.3 is 20.4 Å². The highest BCUT2D eigenvalue weighted by Crippen LogP contribution is 2.45. The minimum atomic E-state index is -2.83. The molecule has 0 aliphatic heterocycles. The second-order valence-electron chi connectivity index (χ2n) is 5.11. The minimum Gasteiger partial charge on any atom is -0.480 e. The normalized spacial score (nSPS) is 14.0. The largest absolute Gasteiger partial charge is 0.480 e. The van der Waals surface area contributed by atoms with E-state index in [0.717, 1.165) is 0 Å². The number of carboxylic acids is 2. The van der Waals surface area contributed by atoms with Crippen molar-refractivity contribution in [2.75, 3.05) is 0 Å². The predicted octanol–water partition coefficient (Wildman–Crippen LogP) is 1.61. The molecule has 0 fully saturated rings. The van der Waals surface area contributed by atoms with Crippen LogP contribution < -0.4 is 0 Å². The molecule has 0 saturated heterocycles. The molecule has 2 aromatic carbocycles. The fraction of sp³-hybridized carbons (Fsp3) is 0.176. The zero-order valence-electron chi connectivity index (χ0n) is 12.0. The van der Waals surface area contributed by atoms with Crippen LogP contribution in [0, 0.1) is 5.41 Å². The molecule has 0 aromatic heterocycles. The van der Waals surface area contributed by atoms with Crippen molar-refractivity contribution in [2.24, 2.45) is 5.41 Å². The van der Waals surface area contributed by atoms with Crippen LogP contribution >= 0.6 is 0 Å². The van der Waals surface area contributed by atoms with E-state index in [1.54, 1.807) is 36.4 Å². The summed E-state index contributed by atoms with van der Waals surface area (Å²) in [5, 5.41) is 40.1. The second-order valence-corrected chi connectivity index (χ2v) is 5.11. The molecule has 6 nitrogen and oxygen atoms in total. The van der Waals surface area contributed by atoms with E-state index in [1.807, 2.05) is 0 Å². The van der Waals surface area contributed by atoms with Crippen molar-refractivity contribution >= 4 is 11.9 Å². The lowest BCUT2D eigenvalue weighted by Gasteiger charge is -2.34. The molecule has 2 atom stereocenters. The van der Waals surface area contributed by atoms with E-state index in [4.69, 9.17) is 0 Å². The molecule has 0 radical (unpaired) electrons. The molecule has 0 spiro atoms. The maximum Gasteiger partial charge on any atom is 0.327 e. The van der Waals surface area contributed by atoms with Crippen molar-refractivity contribution in [1.29, 1.82) is 0 Å². The van der Waals surface area contributed by atoms with Crippen LogP contribution in [0.5, 0.6) is 0 Å². The minimum absolute atomic E-state index is 0.0901. The van der Waals surface area contributed by atoms with Gasteiger partial charge in [-0.15, -0.1) is 0 Å². The van der Waals surface area contributed by atoms with Gasteiger partial charge in [0.05, 0.1) is 0 Å². The first kappa shape index (κ1) is 16.7. The first-order valence-corrected chi connectivity index (χ1v) is 6.85. The van der Waals surface area contributed by atoms with Crippen molar-refractivity contribution in [3.63, 3.8) is 0 Å². The Morgan fingerprint density at radius 1 is 0.696 bits per heavy atom. The number of benzene rings is 2. The lowest BCUT2D eigenvalue weighted by atomic mass is 9.72. The maximum atomic E-state index is 11.8. The summed E-state index contributed by atoms with van der Waals surface area (Å²) in [5.41, 5.74) is -2.65.